The molecule has 24 heavy (non-hydrogen) atoms. The molecule has 2 unspecified atom stereocenters. The van der Waals surface area contributed by atoms with Crippen molar-refractivity contribution in [2.45, 2.75) is 70.5 Å². The van der Waals surface area contributed by atoms with Gasteiger partial charge in [0.15, 0.2) is 11.9 Å². The first-order chi connectivity index (χ1) is 11.4. The Hall–Kier alpha value is -1.03. The molecule has 5 aliphatic rings. The molecular weight excluding hydrogens is 307 g/mol. The minimum atomic E-state index is -0.672. The molecule has 0 radical (unpaired) electrons. The van der Waals surface area contributed by atoms with Gasteiger partial charge in [0.1, 0.15) is 11.4 Å². The molecule has 0 amide bonds. The minimum Gasteiger partial charge on any atom is -0.352 e. The molecule has 1 aliphatic heterocycles. The number of hydrogen-bond acceptors (Lipinski definition) is 3. The first kappa shape index (κ1) is 15.2. The van der Waals surface area contributed by atoms with Gasteiger partial charge in [-0.05, 0) is 55.4 Å². The zero-order chi connectivity index (χ0) is 16.9. The third kappa shape index (κ3) is 1.45. The van der Waals surface area contributed by atoms with Crippen LogP contribution in [0.15, 0.2) is 11.9 Å². The molecule has 4 heteroatoms. The van der Waals surface area contributed by atoms with Gasteiger partial charge in [-0.2, -0.15) is 0 Å². The largest absolute Gasteiger partial charge is 0.352 e. The summed E-state index contributed by atoms with van der Waals surface area (Å²) in [4.78, 5) is 24.7. The first-order valence-corrected chi connectivity index (χ1v) is 9.42. The van der Waals surface area contributed by atoms with Crippen LogP contribution in [0.25, 0.3) is 0 Å². The molecule has 0 N–H and O–H groups in total. The predicted octanol–water partition coefficient (Wildman–Crippen LogP) is 3.76. The Balaban J connectivity index is 1.60. The standard InChI is InChI=1S/C20H25FO3/c1-18-7-5-14-12(13(18)3-4-16(18)23)9-11(10-21)20-17(24-20)15(22)6-8-19(14,20)2/h10,12-14,17H,3-9H2,1-2H3/t12-,13-,14+,17?,18-,19+,20?/m0/s1. The molecule has 7 atom stereocenters. The average molecular weight is 332 g/mol. The van der Waals surface area contributed by atoms with Crippen LogP contribution < -0.4 is 0 Å². The molecule has 1 saturated heterocycles. The van der Waals surface area contributed by atoms with E-state index in [-0.39, 0.29) is 16.6 Å². The van der Waals surface area contributed by atoms with E-state index in [1.54, 1.807) is 0 Å². The van der Waals surface area contributed by atoms with Gasteiger partial charge in [0.05, 0.1) is 6.33 Å². The summed E-state index contributed by atoms with van der Waals surface area (Å²) in [6.07, 6.45) is 5.87. The molecule has 1 heterocycles. The van der Waals surface area contributed by atoms with Crippen LogP contribution in [0.1, 0.15) is 58.8 Å². The second-order valence-corrected chi connectivity index (χ2v) is 9.25. The van der Waals surface area contributed by atoms with Crippen LogP contribution in [0.5, 0.6) is 0 Å². The maximum absolute atomic E-state index is 13.9. The third-order valence-corrected chi connectivity index (χ3v) is 8.68. The first-order valence-electron chi connectivity index (χ1n) is 9.42. The van der Waals surface area contributed by atoms with E-state index in [0.29, 0.717) is 48.4 Å². The van der Waals surface area contributed by atoms with Crippen LogP contribution in [0.4, 0.5) is 4.39 Å². The van der Waals surface area contributed by atoms with Crippen molar-refractivity contribution < 1.29 is 18.7 Å². The molecule has 4 aliphatic carbocycles. The summed E-state index contributed by atoms with van der Waals surface area (Å²) in [5.74, 6) is 1.69. The summed E-state index contributed by atoms with van der Waals surface area (Å²) >= 11 is 0. The highest BCUT2D eigenvalue weighted by atomic mass is 19.1. The second kappa shape index (κ2) is 4.38. The molecule has 5 fully saturated rings. The number of ether oxygens (including phenoxy) is 1. The van der Waals surface area contributed by atoms with E-state index in [9.17, 15) is 14.0 Å². The SMILES string of the molecule is C[C@]12CC[C@@H]3[C@@H](CC(=CF)C45OC4C(=O)CC[C@]35C)[C@@H]1CCC2=O. The monoisotopic (exact) mass is 332 g/mol. The van der Waals surface area contributed by atoms with E-state index in [1.165, 1.54) is 0 Å². The predicted molar refractivity (Wildman–Crippen MR) is 85.8 cm³/mol. The van der Waals surface area contributed by atoms with E-state index in [0.717, 1.165) is 32.0 Å². The van der Waals surface area contributed by atoms with Gasteiger partial charge in [-0.3, -0.25) is 9.59 Å². The number of rotatable bonds is 0. The maximum atomic E-state index is 13.9. The number of carbonyl (C=O) groups is 2. The fourth-order valence-electron chi connectivity index (χ4n) is 7.32. The quantitative estimate of drug-likeness (QED) is 0.635. The Morgan fingerprint density at radius 1 is 1.12 bits per heavy atom. The summed E-state index contributed by atoms with van der Waals surface area (Å²) in [5, 5.41) is 0. The summed E-state index contributed by atoms with van der Waals surface area (Å²) in [6.45, 7) is 4.36. The molecule has 130 valence electrons. The molecule has 4 saturated carbocycles. The van der Waals surface area contributed by atoms with Gasteiger partial charge in [-0.15, -0.1) is 0 Å². The highest BCUT2D eigenvalue weighted by Gasteiger charge is 2.78. The van der Waals surface area contributed by atoms with Crippen molar-refractivity contribution in [3.8, 4) is 0 Å². The van der Waals surface area contributed by atoms with Crippen LogP contribution in [-0.2, 0) is 14.3 Å². The Bertz CT molecular complexity index is 684. The lowest BCUT2D eigenvalue weighted by atomic mass is 9.44. The smallest absolute Gasteiger partial charge is 0.164 e. The lowest BCUT2D eigenvalue weighted by molar-refractivity contribution is -0.136. The summed E-state index contributed by atoms with van der Waals surface area (Å²) in [6, 6.07) is 0. The highest BCUT2D eigenvalue weighted by Crippen LogP contribution is 2.73. The van der Waals surface area contributed by atoms with Crippen molar-refractivity contribution in [1.82, 2.24) is 0 Å². The van der Waals surface area contributed by atoms with Crippen LogP contribution in [0, 0.1) is 28.6 Å². The number of hydrogen-bond donors (Lipinski definition) is 0. The van der Waals surface area contributed by atoms with Gasteiger partial charge in [-0.1, -0.05) is 13.8 Å². The number of epoxide rings is 1. The van der Waals surface area contributed by atoms with E-state index < -0.39 is 11.7 Å². The Labute approximate surface area is 142 Å². The molecule has 0 aromatic carbocycles. The number of halogens is 1. The van der Waals surface area contributed by atoms with Gasteiger partial charge in [-0.25, -0.2) is 4.39 Å². The van der Waals surface area contributed by atoms with Crippen LogP contribution in [0.2, 0.25) is 0 Å². The Morgan fingerprint density at radius 3 is 2.67 bits per heavy atom. The lowest BCUT2D eigenvalue weighted by Gasteiger charge is -2.58. The highest BCUT2D eigenvalue weighted by molar-refractivity contribution is 5.90. The van der Waals surface area contributed by atoms with Gasteiger partial charge >= 0.3 is 0 Å². The molecule has 0 bridgehead atoms. The Kier molecular flexibility index (Phi) is 2.78. The van der Waals surface area contributed by atoms with Crippen LogP contribution in [-0.4, -0.2) is 23.3 Å². The minimum absolute atomic E-state index is 0.141. The zero-order valence-corrected chi connectivity index (χ0v) is 14.4. The van der Waals surface area contributed by atoms with E-state index in [1.807, 2.05) is 0 Å². The van der Waals surface area contributed by atoms with Crippen molar-refractivity contribution in [2.24, 2.45) is 28.6 Å². The fourth-order valence-corrected chi connectivity index (χ4v) is 7.32. The Morgan fingerprint density at radius 2 is 1.92 bits per heavy atom. The topological polar surface area (TPSA) is 46.7 Å². The zero-order valence-electron chi connectivity index (χ0n) is 14.4. The molecular formula is C20H25FO3. The van der Waals surface area contributed by atoms with Crippen LogP contribution >= 0.6 is 0 Å². The fraction of sp³-hybridized carbons (Fsp3) is 0.800. The lowest BCUT2D eigenvalue weighted by Crippen LogP contribution is -2.59. The van der Waals surface area contributed by atoms with Crippen molar-refractivity contribution in [1.29, 1.82) is 0 Å². The van der Waals surface area contributed by atoms with Gasteiger partial charge in [0, 0.05) is 23.7 Å². The summed E-state index contributed by atoms with van der Waals surface area (Å²) in [7, 11) is 0. The maximum Gasteiger partial charge on any atom is 0.164 e. The van der Waals surface area contributed by atoms with Crippen molar-refractivity contribution in [2.75, 3.05) is 0 Å². The molecule has 1 spiro atoms. The number of ketones is 2. The van der Waals surface area contributed by atoms with E-state index in [4.69, 9.17) is 4.74 Å². The second-order valence-electron chi connectivity index (χ2n) is 9.25. The van der Waals surface area contributed by atoms with E-state index in [2.05, 4.69) is 13.8 Å². The molecule has 0 aromatic rings. The van der Waals surface area contributed by atoms with Gasteiger partial charge in [0.2, 0.25) is 0 Å². The molecule has 5 rings (SSSR count). The number of carbonyl (C=O) groups excluding carboxylic acids is 2. The number of Topliss-reactive ketones (excluding diaryl/α,β-unsaturated/α-hetero) is 2. The van der Waals surface area contributed by atoms with Crippen molar-refractivity contribution in [3.63, 3.8) is 0 Å². The molecule has 0 aromatic heterocycles. The molecule has 3 nitrogen and oxygen atoms in total. The average Bonchev–Trinajstić information content (AvgIpc) is 3.25. The van der Waals surface area contributed by atoms with Crippen LogP contribution in [0.3, 0.4) is 0 Å². The van der Waals surface area contributed by atoms with Crippen molar-refractivity contribution in [3.05, 3.63) is 11.9 Å². The third-order valence-electron chi connectivity index (χ3n) is 8.68. The summed E-state index contributed by atoms with van der Waals surface area (Å²) in [5.41, 5.74) is -0.362. The van der Waals surface area contributed by atoms with Crippen molar-refractivity contribution >= 4 is 11.6 Å². The summed E-state index contributed by atoms with van der Waals surface area (Å²) < 4.78 is 19.8. The van der Waals surface area contributed by atoms with E-state index >= 15 is 0 Å². The van der Waals surface area contributed by atoms with Gasteiger partial charge in [0.25, 0.3) is 0 Å². The number of fused-ring (bicyclic) bond motifs is 4. The van der Waals surface area contributed by atoms with Gasteiger partial charge < -0.3 is 4.74 Å². The normalized spacial score (nSPS) is 57.2.